The minimum Gasteiger partial charge on any atom is -0.454 e. The Balaban J connectivity index is 1.86. The van der Waals surface area contributed by atoms with Gasteiger partial charge in [0.15, 0.2) is 11.6 Å². The molecule has 0 fully saturated rings. The van der Waals surface area contributed by atoms with Crippen molar-refractivity contribution in [3.63, 3.8) is 0 Å². The van der Waals surface area contributed by atoms with Crippen LogP contribution in [-0.2, 0) is 0 Å². The van der Waals surface area contributed by atoms with Gasteiger partial charge in [-0.2, -0.15) is 0 Å². The summed E-state index contributed by atoms with van der Waals surface area (Å²) in [5.74, 6) is -1.12. The number of rotatable bonds is 2. The van der Waals surface area contributed by atoms with Gasteiger partial charge in [-0.3, -0.25) is 0 Å². The maximum atomic E-state index is 14.9. The van der Waals surface area contributed by atoms with Crippen molar-refractivity contribution >= 4 is 31.5 Å². The van der Waals surface area contributed by atoms with E-state index < -0.39 is 11.6 Å². The molecule has 0 aliphatic rings. The molecular weight excluding hydrogens is 345 g/mol. The summed E-state index contributed by atoms with van der Waals surface area (Å²) in [6, 6.07) is 11.0. The second-order valence-corrected chi connectivity index (χ2v) is 6.96. The molecule has 0 spiro atoms. The van der Waals surface area contributed by atoms with Gasteiger partial charge in [-0.15, -0.1) is 11.3 Å². The summed E-state index contributed by atoms with van der Waals surface area (Å²) in [5, 5.41) is 1.31. The third-order valence-electron chi connectivity index (χ3n) is 4.22. The molecule has 0 amide bonds. The van der Waals surface area contributed by atoms with Gasteiger partial charge in [0.1, 0.15) is 17.4 Å². The summed E-state index contributed by atoms with van der Waals surface area (Å²) >= 11 is 1.06. The van der Waals surface area contributed by atoms with Crippen LogP contribution in [0.3, 0.4) is 0 Å². The van der Waals surface area contributed by atoms with Crippen molar-refractivity contribution in [2.45, 2.75) is 13.8 Å². The van der Waals surface area contributed by atoms with Crippen LogP contribution < -0.4 is 4.74 Å². The lowest BCUT2D eigenvalue weighted by Crippen LogP contribution is -1.90. The molecule has 126 valence electrons. The van der Waals surface area contributed by atoms with Gasteiger partial charge >= 0.3 is 0 Å². The lowest BCUT2D eigenvalue weighted by atomic mass is 10.1. The van der Waals surface area contributed by atoms with Crippen molar-refractivity contribution in [1.82, 2.24) is 0 Å². The molecule has 1 nitrogen and oxygen atoms in total. The van der Waals surface area contributed by atoms with Gasteiger partial charge in [0, 0.05) is 16.8 Å². The van der Waals surface area contributed by atoms with Gasteiger partial charge in [0.25, 0.3) is 0 Å². The predicted molar refractivity (Wildman–Crippen MR) is 95.2 cm³/mol. The van der Waals surface area contributed by atoms with E-state index in [2.05, 4.69) is 0 Å². The first kappa shape index (κ1) is 16.0. The SMILES string of the molecule is Cc1ccc(Oc2ccc3c(sc4c(F)c(C)ccc43)c2F)cc1F. The highest BCUT2D eigenvalue weighted by Crippen LogP contribution is 2.41. The number of hydrogen-bond donors (Lipinski definition) is 0. The summed E-state index contributed by atoms with van der Waals surface area (Å²) in [6.07, 6.45) is 0. The highest BCUT2D eigenvalue weighted by Gasteiger charge is 2.17. The molecule has 0 bridgehead atoms. The fraction of sp³-hybridized carbons (Fsp3) is 0.100. The van der Waals surface area contributed by atoms with Gasteiger partial charge in [-0.1, -0.05) is 18.2 Å². The quantitative estimate of drug-likeness (QED) is 0.379. The zero-order chi connectivity index (χ0) is 17.7. The van der Waals surface area contributed by atoms with Crippen LogP contribution in [0.15, 0.2) is 42.5 Å². The van der Waals surface area contributed by atoms with Crippen molar-refractivity contribution in [3.05, 3.63) is 71.0 Å². The van der Waals surface area contributed by atoms with Crippen molar-refractivity contribution in [2.24, 2.45) is 0 Å². The largest absolute Gasteiger partial charge is 0.454 e. The zero-order valence-corrected chi connectivity index (χ0v) is 14.3. The standard InChI is InChI=1S/C20H13F3OS/c1-10-3-5-12(9-15(10)21)24-16-8-7-14-13-6-4-11(2)17(22)19(13)25-20(14)18(16)23/h3-9H,1-2H3. The summed E-state index contributed by atoms with van der Waals surface area (Å²) in [7, 11) is 0. The topological polar surface area (TPSA) is 9.23 Å². The minimum absolute atomic E-state index is 0.0144. The monoisotopic (exact) mass is 358 g/mol. The van der Waals surface area contributed by atoms with E-state index in [9.17, 15) is 13.2 Å². The third kappa shape index (κ3) is 2.55. The first-order chi connectivity index (χ1) is 12.0. The molecule has 0 atom stereocenters. The van der Waals surface area contributed by atoms with E-state index >= 15 is 0 Å². The lowest BCUT2D eigenvalue weighted by Gasteiger charge is -2.08. The number of ether oxygens (including phenoxy) is 1. The van der Waals surface area contributed by atoms with E-state index in [1.165, 1.54) is 12.1 Å². The molecule has 4 rings (SSSR count). The number of thiophene rings is 1. The van der Waals surface area contributed by atoms with Crippen LogP contribution in [0, 0.1) is 31.3 Å². The molecule has 5 heteroatoms. The van der Waals surface area contributed by atoms with Crippen LogP contribution in [-0.4, -0.2) is 0 Å². The molecule has 0 saturated carbocycles. The number of benzene rings is 3. The second-order valence-electron chi connectivity index (χ2n) is 5.94. The van der Waals surface area contributed by atoms with Crippen molar-refractivity contribution in [2.75, 3.05) is 0 Å². The molecule has 0 saturated heterocycles. The highest BCUT2D eigenvalue weighted by atomic mass is 32.1. The van der Waals surface area contributed by atoms with Crippen molar-refractivity contribution in [3.8, 4) is 11.5 Å². The van der Waals surface area contributed by atoms with Gasteiger partial charge in [0.2, 0.25) is 0 Å². The fourth-order valence-corrected chi connectivity index (χ4v) is 3.98. The number of hydrogen-bond acceptors (Lipinski definition) is 2. The normalized spacial score (nSPS) is 11.4. The lowest BCUT2D eigenvalue weighted by molar-refractivity contribution is 0.442. The minimum atomic E-state index is -0.572. The summed E-state index contributed by atoms with van der Waals surface area (Å²) in [6.45, 7) is 3.31. The van der Waals surface area contributed by atoms with Crippen LogP contribution >= 0.6 is 11.3 Å². The Morgan fingerprint density at radius 1 is 0.760 bits per heavy atom. The first-order valence-electron chi connectivity index (χ1n) is 7.69. The molecule has 0 aliphatic heterocycles. The third-order valence-corrected chi connectivity index (χ3v) is 5.42. The van der Waals surface area contributed by atoms with E-state index in [1.54, 1.807) is 44.2 Å². The Bertz CT molecular complexity index is 1130. The Morgan fingerprint density at radius 3 is 2.12 bits per heavy atom. The van der Waals surface area contributed by atoms with Crippen molar-refractivity contribution in [1.29, 1.82) is 0 Å². The van der Waals surface area contributed by atoms with E-state index in [0.717, 1.165) is 11.3 Å². The van der Waals surface area contributed by atoms with Gasteiger partial charge in [0.05, 0.1) is 9.40 Å². The number of halogens is 3. The average Bonchev–Trinajstić information content (AvgIpc) is 2.97. The van der Waals surface area contributed by atoms with Crippen LogP contribution in [0.5, 0.6) is 11.5 Å². The van der Waals surface area contributed by atoms with Crippen LogP contribution in [0.4, 0.5) is 13.2 Å². The van der Waals surface area contributed by atoms with Crippen LogP contribution in [0.2, 0.25) is 0 Å². The van der Waals surface area contributed by atoms with E-state index in [1.807, 2.05) is 0 Å². The second kappa shape index (κ2) is 5.77. The Labute approximate surface area is 146 Å². The molecular formula is C20H13F3OS. The Kier molecular flexibility index (Phi) is 3.69. The molecule has 4 aromatic rings. The maximum Gasteiger partial charge on any atom is 0.183 e. The molecule has 3 aromatic carbocycles. The van der Waals surface area contributed by atoms with Crippen LogP contribution in [0.25, 0.3) is 20.2 Å². The smallest absolute Gasteiger partial charge is 0.183 e. The van der Waals surface area contributed by atoms with Gasteiger partial charge in [-0.05, 0) is 43.2 Å². The molecule has 1 aromatic heterocycles. The van der Waals surface area contributed by atoms with E-state index in [-0.39, 0.29) is 17.3 Å². The Morgan fingerprint density at radius 2 is 1.40 bits per heavy atom. The molecule has 0 aliphatic carbocycles. The van der Waals surface area contributed by atoms with E-state index in [0.29, 0.717) is 31.3 Å². The molecule has 0 N–H and O–H groups in total. The molecule has 25 heavy (non-hydrogen) atoms. The highest BCUT2D eigenvalue weighted by molar-refractivity contribution is 7.25. The van der Waals surface area contributed by atoms with Crippen molar-refractivity contribution < 1.29 is 17.9 Å². The number of fused-ring (bicyclic) bond motifs is 3. The molecule has 1 heterocycles. The Hall–Kier alpha value is -2.53. The zero-order valence-electron chi connectivity index (χ0n) is 13.5. The average molecular weight is 358 g/mol. The first-order valence-corrected chi connectivity index (χ1v) is 8.51. The van der Waals surface area contributed by atoms with Crippen LogP contribution in [0.1, 0.15) is 11.1 Å². The maximum absolute atomic E-state index is 14.9. The summed E-state index contributed by atoms with van der Waals surface area (Å²) in [5.41, 5.74) is 1.00. The summed E-state index contributed by atoms with van der Waals surface area (Å²) < 4.78 is 49.1. The van der Waals surface area contributed by atoms with Gasteiger partial charge < -0.3 is 4.74 Å². The predicted octanol–water partition coefficient (Wildman–Crippen LogP) is 6.88. The van der Waals surface area contributed by atoms with Gasteiger partial charge in [-0.25, -0.2) is 13.2 Å². The number of aryl methyl sites for hydroxylation is 2. The molecule has 0 unspecified atom stereocenters. The van der Waals surface area contributed by atoms with E-state index in [4.69, 9.17) is 4.74 Å². The summed E-state index contributed by atoms with van der Waals surface area (Å²) in [4.78, 5) is 0. The molecule has 0 radical (unpaired) electrons. The fourth-order valence-electron chi connectivity index (χ4n) is 2.76.